The number of nitrogens with zero attached hydrogens (tertiary/aromatic N) is 1. The van der Waals surface area contributed by atoms with Crippen molar-refractivity contribution in [2.24, 2.45) is 0 Å². The van der Waals surface area contributed by atoms with Crippen molar-refractivity contribution < 1.29 is 23.9 Å². The van der Waals surface area contributed by atoms with Gasteiger partial charge in [0.25, 0.3) is 5.91 Å². The van der Waals surface area contributed by atoms with Crippen LogP contribution in [0.4, 0.5) is 0 Å². The van der Waals surface area contributed by atoms with E-state index in [1.807, 2.05) is 47.8 Å². The van der Waals surface area contributed by atoms with Gasteiger partial charge >= 0.3 is 5.97 Å². The molecule has 1 aromatic carbocycles. The SMILES string of the molecule is CO[C@H]1S[C@@H]2[C@@H](NC(=O)Cc3cccs3)C(=O)N2C(C(=O)OCc2ccccc2)=C1C. The maximum atomic E-state index is 12.9. The van der Waals surface area contributed by atoms with Crippen LogP contribution in [0.25, 0.3) is 0 Å². The molecule has 1 aromatic heterocycles. The molecule has 0 saturated carbocycles. The molecule has 0 unspecified atom stereocenters. The molecule has 0 aliphatic carbocycles. The maximum absolute atomic E-state index is 12.9. The van der Waals surface area contributed by atoms with Gasteiger partial charge in [-0.15, -0.1) is 11.3 Å². The second-order valence-electron chi connectivity index (χ2n) is 7.20. The Morgan fingerprint density at radius 1 is 1.16 bits per heavy atom. The summed E-state index contributed by atoms with van der Waals surface area (Å²) >= 11 is 2.88. The van der Waals surface area contributed by atoms with E-state index in [1.54, 1.807) is 14.0 Å². The van der Waals surface area contributed by atoms with E-state index in [-0.39, 0.29) is 30.5 Å². The van der Waals surface area contributed by atoms with Crippen molar-refractivity contribution in [3.8, 4) is 0 Å². The topological polar surface area (TPSA) is 84.9 Å². The van der Waals surface area contributed by atoms with E-state index in [0.29, 0.717) is 5.57 Å². The monoisotopic (exact) mass is 458 g/mol. The second kappa shape index (κ2) is 9.25. The van der Waals surface area contributed by atoms with Crippen molar-refractivity contribution >= 4 is 40.9 Å². The van der Waals surface area contributed by atoms with E-state index < -0.39 is 22.8 Å². The number of esters is 1. The molecule has 162 valence electrons. The van der Waals surface area contributed by atoms with Crippen LogP contribution in [0.15, 0.2) is 59.1 Å². The number of ether oxygens (including phenoxy) is 2. The highest BCUT2D eigenvalue weighted by Gasteiger charge is 2.56. The lowest BCUT2D eigenvalue weighted by atomic mass is 10.0. The normalized spacial score (nSPS) is 22.6. The highest BCUT2D eigenvalue weighted by Crippen LogP contribution is 2.44. The summed E-state index contributed by atoms with van der Waals surface area (Å²) in [7, 11) is 1.55. The van der Waals surface area contributed by atoms with Gasteiger partial charge in [-0.05, 0) is 29.5 Å². The number of β-lactam (4-membered cyclic amide) rings is 1. The fraction of sp³-hybridized carbons (Fsp3) is 0.318. The van der Waals surface area contributed by atoms with Crippen molar-refractivity contribution in [3.05, 3.63) is 69.6 Å². The van der Waals surface area contributed by atoms with Crippen LogP contribution in [0, 0.1) is 0 Å². The predicted molar refractivity (Wildman–Crippen MR) is 118 cm³/mol. The first kappa shape index (κ1) is 21.6. The molecule has 3 heterocycles. The minimum atomic E-state index is -0.708. The fourth-order valence-corrected chi connectivity index (χ4v) is 5.64. The minimum absolute atomic E-state index is 0.106. The lowest BCUT2D eigenvalue weighted by Crippen LogP contribution is -2.71. The molecule has 1 N–H and O–H groups in total. The molecule has 1 saturated heterocycles. The molecule has 2 amide bonds. The molecular weight excluding hydrogens is 436 g/mol. The molecule has 4 rings (SSSR count). The molecule has 3 atom stereocenters. The summed E-state index contributed by atoms with van der Waals surface area (Å²) in [5, 5.41) is 4.29. The van der Waals surface area contributed by atoms with Gasteiger partial charge in [-0.1, -0.05) is 48.2 Å². The number of nitrogens with one attached hydrogen (secondary N) is 1. The van der Waals surface area contributed by atoms with Gasteiger partial charge in [-0.25, -0.2) is 4.79 Å². The molecule has 1 fully saturated rings. The smallest absolute Gasteiger partial charge is 0.355 e. The number of benzene rings is 1. The summed E-state index contributed by atoms with van der Waals surface area (Å²) in [6.45, 7) is 1.86. The van der Waals surface area contributed by atoms with Gasteiger partial charge in [0.15, 0.2) is 0 Å². The van der Waals surface area contributed by atoms with Crippen molar-refractivity contribution in [1.29, 1.82) is 0 Å². The fourth-order valence-electron chi connectivity index (χ4n) is 3.58. The molecule has 0 spiro atoms. The molecule has 2 aromatic rings. The number of amides is 2. The van der Waals surface area contributed by atoms with E-state index in [2.05, 4.69) is 5.32 Å². The van der Waals surface area contributed by atoms with Crippen molar-refractivity contribution in [1.82, 2.24) is 10.2 Å². The Bertz CT molecular complexity index is 1010. The zero-order valence-electron chi connectivity index (χ0n) is 17.1. The van der Waals surface area contributed by atoms with E-state index in [0.717, 1.165) is 10.4 Å². The average molecular weight is 459 g/mol. The van der Waals surface area contributed by atoms with Gasteiger partial charge in [0.2, 0.25) is 5.91 Å². The molecule has 9 heteroatoms. The van der Waals surface area contributed by atoms with Gasteiger partial charge < -0.3 is 14.8 Å². The van der Waals surface area contributed by atoms with Crippen LogP contribution in [0.1, 0.15) is 17.4 Å². The largest absolute Gasteiger partial charge is 0.456 e. The van der Waals surface area contributed by atoms with Gasteiger partial charge in [-0.3, -0.25) is 14.5 Å². The lowest BCUT2D eigenvalue weighted by Gasteiger charge is -2.51. The van der Waals surface area contributed by atoms with E-state index in [4.69, 9.17) is 9.47 Å². The number of hydrogen-bond donors (Lipinski definition) is 1. The van der Waals surface area contributed by atoms with Crippen LogP contribution in [0.3, 0.4) is 0 Å². The first-order valence-electron chi connectivity index (χ1n) is 9.74. The van der Waals surface area contributed by atoms with Gasteiger partial charge in [-0.2, -0.15) is 0 Å². The minimum Gasteiger partial charge on any atom is -0.456 e. The highest BCUT2D eigenvalue weighted by molar-refractivity contribution is 8.00. The zero-order valence-corrected chi connectivity index (χ0v) is 18.7. The van der Waals surface area contributed by atoms with Crippen LogP contribution in [-0.2, 0) is 36.9 Å². The molecule has 7 nitrogen and oxygen atoms in total. The standard InChI is InChI=1S/C22H22N2O5S2/c1-13-18(21(27)29-12-14-7-4-3-5-8-14)24-19(26)17(20(24)31-22(13)28-2)23-16(25)11-15-9-6-10-30-15/h3-10,17,20,22H,11-12H2,1-2H3,(H,23,25)/t17-,20+,22-/m0/s1. The second-order valence-corrected chi connectivity index (χ2v) is 9.41. The summed E-state index contributed by atoms with van der Waals surface area (Å²) < 4.78 is 11.0. The number of carbonyl (C=O) groups excluding carboxylic acids is 3. The Kier molecular flexibility index (Phi) is 6.45. The highest BCUT2D eigenvalue weighted by atomic mass is 32.2. The molecule has 2 aliphatic rings. The summed E-state index contributed by atoms with van der Waals surface area (Å²) in [5.41, 5.74) is 1.26. The Morgan fingerprint density at radius 2 is 1.94 bits per heavy atom. The van der Waals surface area contributed by atoms with Crippen molar-refractivity contribution in [2.45, 2.75) is 36.8 Å². The van der Waals surface area contributed by atoms with Gasteiger partial charge in [0.1, 0.15) is 29.2 Å². The predicted octanol–water partition coefficient (Wildman–Crippen LogP) is 2.68. The third-order valence-electron chi connectivity index (χ3n) is 5.13. The third-order valence-corrected chi connectivity index (χ3v) is 7.56. The van der Waals surface area contributed by atoms with E-state index >= 15 is 0 Å². The average Bonchev–Trinajstić information content (AvgIpc) is 3.29. The van der Waals surface area contributed by atoms with Crippen LogP contribution in [0.2, 0.25) is 0 Å². The van der Waals surface area contributed by atoms with Crippen LogP contribution in [0.5, 0.6) is 0 Å². The quantitative estimate of drug-likeness (QED) is 0.507. The Balaban J connectivity index is 1.47. The number of carbonyl (C=O) groups is 3. The first-order valence-corrected chi connectivity index (χ1v) is 11.6. The van der Waals surface area contributed by atoms with Crippen LogP contribution in [-0.4, -0.2) is 46.6 Å². The summed E-state index contributed by atoms with van der Waals surface area (Å²) in [5.74, 6) is -1.13. The maximum Gasteiger partial charge on any atom is 0.355 e. The third kappa shape index (κ3) is 4.39. The molecule has 0 radical (unpaired) electrons. The van der Waals surface area contributed by atoms with Gasteiger partial charge in [0.05, 0.1) is 6.42 Å². The first-order chi connectivity index (χ1) is 15.0. The number of thiophene rings is 1. The number of hydrogen-bond acceptors (Lipinski definition) is 7. The van der Waals surface area contributed by atoms with E-state index in [1.165, 1.54) is 28.0 Å². The van der Waals surface area contributed by atoms with Crippen molar-refractivity contribution in [3.63, 3.8) is 0 Å². The summed E-state index contributed by atoms with van der Waals surface area (Å²) in [6, 6.07) is 12.4. The molecule has 31 heavy (non-hydrogen) atoms. The lowest BCUT2D eigenvalue weighted by molar-refractivity contribution is -0.153. The molecular formula is C22H22N2O5S2. The number of fused-ring (bicyclic) bond motifs is 1. The van der Waals surface area contributed by atoms with E-state index in [9.17, 15) is 14.4 Å². The summed E-state index contributed by atoms with van der Waals surface area (Å²) in [6.07, 6.45) is 0.216. The zero-order chi connectivity index (χ0) is 22.0. The van der Waals surface area contributed by atoms with Crippen molar-refractivity contribution in [2.75, 3.05) is 7.11 Å². The van der Waals surface area contributed by atoms with Crippen LogP contribution >= 0.6 is 23.1 Å². The number of thioether (sulfide) groups is 1. The van der Waals surface area contributed by atoms with Crippen LogP contribution < -0.4 is 5.32 Å². The Hall–Kier alpha value is -2.62. The summed E-state index contributed by atoms with van der Waals surface area (Å²) in [4.78, 5) is 40.5. The molecule has 0 bridgehead atoms. The molecule has 2 aliphatic heterocycles. The number of methoxy groups -OCH3 is 1. The van der Waals surface area contributed by atoms with Gasteiger partial charge in [0, 0.05) is 12.0 Å². The Morgan fingerprint density at radius 3 is 2.61 bits per heavy atom. The Labute approximate surface area is 188 Å². The number of rotatable bonds is 7.